The zero-order valence-corrected chi connectivity index (χ0v) is 9.78. The first kappa shape index (κ1) is 12.1. The van der Waals surface area contributed by atoms with Gasteiger partial charge in [-0.15, -0.1) is 0 Å². The summed E-state index contributed by atoms with van der Waals surface area (Å²) < 4.78 is 0. The highest BCUT2D eigenvalue weighted by Crippen LogP contribution is 2.18. The summed E-state index contributed by atoms with van der Waals surface area (Å²) in [6.07, 6.45) is 2.93. The molecule has 0 aromatic heterocycles. The van der Waals surface area contributed by atoms with E-state index in [0.29, 0.717) is 18.2 Å². The largest absolute Gasteiger partial charge is 0.392 e. The van der Waals surface area contributed by atoms with Gasteiger partial charge in [0.05, 0.1) is 6.61 Å². The third-order valence-corrected chi connectivity index (χ3v) is 2.82. The molecule has 17 heavy (non-hydrogen) atoms. The molecular weight excluding hydrogens is 216 g/mol. The number of para-hydroxylation sites is 1. The monoisotopic (exact) mass is 234 g/mol. The van der Waals surface area contributed by atoms with Gasteiger partial charge in [0.2, 0.25) is 5.91 Å². The molecule has 1 aromatic rings. The average molecular weight is 234 g/mol. The van der Waals surface area contributed by atoms with E-state index in [-0.39, 0.29) is 12.5 Å². The molecule has 0 atom stereocenters. The molecule has 1 fully saturated rings. The molecule has 1 aliphatic carbocycles. The van der Waals surface area contributed by atoms with Crippen LogP contribution in [0, 0.1) is 0 Å². The summed E-state index contributed by atoms with van der Waals surface area (Å²) in [6.45, 7) is 0.661. The third kappa shape index (κ3) is 3.84. The van der Waals surface area contributed by atoms with Gasteiger partial charge in [0.1, 0.15) is 0 Å². The molecule has 0 spiro atoms. The van der Waals surface area contributed by atoms with Gasteiger partial charge >= 0.3 is 0 Å². The Labute approximate surface area is 101 Å². The number of hydrogen-bond donors (Lipinski definition) is 3. The molecule has 1 amide bonds. The highest BCUT2D eigenvalue weighted by atomic mass is 16.3. The predicted molar refractivity (Wildman–Crippen MR) is 66.6 cm³/mol. The lowest BCUT2D eigenvalue weighted by molar-refractivity contribution is -0.116. The van der Waals surface area contributed by atoms with Gasteiger partial charge in [-0.1, -0.05) is 18.2 Å². The molecule has 1 aliphatic rings. The molecule has 0 heterocycles. The van der Waals surface area contributed by atoms with Crippen LogP contribution in [0.5, 0.6) is 0 Å². The highest BCUT2D eigenvalue weighted by Gasteiger charge is 2.20. The van der Waals surface area contributed by atoms with Crippen LogP contribution < -0.4 is 10.6 Å². The van der Waals surface area contributed by atoms with Crippen LogP contribution in [0.2, 0.25) is 0 Å². The lowest BCUT2D eigenvalue weighted by atomic mass is 10.2. The van der Waals surface area contributed by atoms with E-state index in [0.717, 1.165) is 12.1 Å². The number of aliphatic hydroxyl groups is 1. The van der Waals surface area contributed by atoms with E-state index in [1.165, 1.54) is 12.8 Å². The molecule has 0 aliphatic heterocycles. The van der Waals surface area contributed by atoms with E-state index < -0.39 is 0 Å². The second-order valence-corrected chi connectivity index (χ2v) is 4.34. The standard InChI is InChI=1S/C13H18N2O2/c16-9-10-3-1-2-4-12(10)15-13(17)7-8-14-11-5-6-11/h1-4,11,14,16H,5-9H2,(H,15,17). The van der Waals surface area contributed by atoms with Gasteiger partial charge in [0.25, 0.3) is 0 Å². The maximum absolute atomic E-state index is 11.6. The maximum Gasteiger partial charge on any atom is 0.225 e. The number of carbonyl (C=O) groups is 1. The van der Waals surface area contributed by atoms with Crippen molar-refractivity contribution in [2.75, 3.05) is 11.9 Å². The van der Waals surface area contributed by atoms with Crippen LogP contribution in [0.15, 0.2) is 24.3 Å². The molecule has 3 N–H and O–H groups in total. The van der Waals surface area contributed by atoms with Gasteiger partial charge in [-0.05, 0) is 18.9 Å². The minimum Gasteiger partial charge on any atom is -0.392 e. The van der Waals surface area contributed by atoms with Crippen molar-refractivity contribution in [3.63, 3.8) is 0 Å². The van der Waals surface area contributed by atoms with Crippen molar-refractivity contribution in [3.8, 4) is 0 Å². The van der Waals surface area contributed by atoms with Gasteiger partial charge in [-0.2, -0.15) is 0 Å². The molecule has 1 saturated carbocycles. The van der Waals surface area contributed by atoms with Crippen LogP contribution in [0.4, 0.5) is 5.69 Å². The smallest absolute Gasteiger partial charge is 0.225 e. The topological polar surface area (TPSA) is 61.4 Å². The Hall–Kier alpha value is -1.39. The van der Waals surface area contributed by atoms with Gasteiger partial charge < -0.3 is 15.7 Å². The van der Waals surface area contributed by atoms with E-state index in [1.807, 2.05) is 12.1 Å². The van der Waals surface area contributed by atoms with Gasteiger partial charge in [-0.3, -0.25) is 4.79 Å². The Morgan fingerprint density at radius 3 is 2.82 bits per heavy atom. The lowest BCUT2D eigenvalue weighted by Gasteiger charge is -2.09. The molecular formula is C13H18N2O2. The number of rotatable bonds is 6. The Kier molecular flexibility index (Phi) is 4.12. The number of hydrogen-bond acceptors (Lipinski definition) is 3. The second kappa shape index (κ2) is 5.80. The normalized spacial score (nSPS) is 14.6. The van der Waals surface area contributed by atoms with Crippen molar-refractivity contribution in [1.29, 1.82) is 0 Å². The van der Waals surface area contributed by atoms with Crippen molar-refractivity contribution in [2.45, 2.75) is 31.9 Å². The molecule has 1 aromatic carbocycles. The van der Waals surface area contributed by atoms with Crippen molar-refractivity contribution in [1.82, 2.24) is 5.32 Å². The number of anilines is 1. The SMILES string of the molecule is O=C(CCNC1CC1)Nc1ccccc1CO. The van der Waals surface area contributed by atoms with E-state index >= 15 is 0 Å². The molecule has 2 rings (SSSR count). The molecule has 0 unspecified atom stereocenters. The summed E-state index contributed by atoms with van der Waals surface area (Å²) in [7, 11) is 0. The minimum atomic E-state index is -0.0588. The first-order valence-corrected chi connectivity index (χ1v) is 6.01. The highest BCUT2D eigenvalue weighted by molar-refractivity contribution is 5.91. The Morgan fingerprint density at radius 2 is 2.12 bits per heavy atom. The molecule has 4 heteroatoms. The number of benzene rings is 1. The summed E-state index contributed by atoms with van der Waals surface area (Å²) in [4.78, 5) is 11.6. The minimum absolute atomic E-state index is 0.0148. The van der Waals surface area contributed by atoms with Crippen LogP contribution in [-0.2, 0) is 11.4 Å². The van der Waals surface area contributed by atoms with Crippen molar-refractivity contribution in [3.05, 3.63) is 29.8 Å². The van der Waals surface area contributed by atoms with E-state index in [9.17, 15) is 4.79 Å². The fourth-order valence-corrected chi connectivity index (χ4v) is 1.67. The first-order valence-electron chi connectivity index (χ1n) is 6.01. The molecule has 0 bridgehead atoms. The lowest BCUT2D eigenvalue weighted by Crippen LogP contribution is -2.23. The summed E-state index contributed by atoms with van der Waals surface area (Å²) in [5, 5.41) is 15.2. The second-order valence-electron chi connectivity index (χ2n) is 4.34. The van der Waals surface area contributed by atoms with Gasteiger partial charge in [-0.25, -0.2) is 0 Å². The summed E-state index contributed by atoms with van der Waals surface area (Å²) in [5.74, 6) is -0.0148. The van der Waals surface area contributed by atoms with Crippen LogP contribution in [0.25, 0.3) is 0 Å². The fourth-order valence-electron chi connectivity index (χ4n) is 1.67. The predicted octanol–water partition coefficient (Wildman–Crippen LogP) is 1.26. The Bertz CT molecular complexity index is 389. The van der Waals surface area contributed by atoms with Gasteiger partial charge in [0.15, 0.2) is 0 Å². The molecule has 92 valence electrons. The number of amides is 1. The summed E-state index contributed by atoms with van der Waals surface area (Å²) in [5.41, 5.74) is 1.45. The maximum atomic E-state index is 11.6. The van der Waals surface area contributed by atoms with Crippen LogP contribution in [-0.4, -0.2) is 23.6 Å². The summed E-state index contributed by atoms with van der Waals surface area (Å²) in [6, 6.07) is 7.93. The Morgan fingerprint density at radius 1 is 1.35 bits per heavy atom. The van der Waals surface area contributed by atoms with E-state index in [4.69, 9.17) is 5.11 Å². The molecule has 0 radical (unpaired) electrons. The Balaban J connectivity index is 1.79. The fraction of sp³-hybridized carbons (Fsp3) is 0.462. The van der Waals surface area contributed by atoms with E-state index in [1.54, 1.807) is 12.1 Å². The quantitative estimate of drug-likeness (QED) is 0.694. The third-order valence-electron chi connectivity index (χ3n) is 2.82. The number of aliphatic hydroxyl groups excluding tert-OH is 1. The van der Waals surface area contributed by atoms with Crippen molar-refractivity contribution < 1.29 is 9.90 Å². The zero-order valence-electron chi connectivity index (χ0n) is 9.78. The van der Waals surface area contributed by atoms with Gasteiger partial charge in [0, 0.05) is 30.3 Å². The van der Waals surface area contributed by atoms with Crippen LogP contribution in [0.3, 0.4) is 0 Å². The number of nitrogens with one attached hydrogen (secondary N) is 2. The zero-order chi connectivity index (χ0) is 12.1. The first-order chi connectivity index (χ1) is 8.29. The van der Waals surface area contributed by atoms with Crippen LogP contribution >= 0.6 is 0 Å². The van der Waals surface area contributed by atoms with Crippen LogP contribution in [0.1, 0.15) is 24.8 Å². The number of carbonyl (C=O) groups excluding carboxylic acids is 1. The van der Waals surface area contributed by atoms with E-state index in [2.05, 4.69) is 10.6 Å². The molecule has 4 nitrogen and oxygen atoms in total. The van der Waals surface area contributed by atoms with Crippen molar-refractivity contribution >= 4 is 11.6 Å². The average Bonchev–Trinajstić information content (AvgIpc) is 3.14. The van der Waals surface area contributed by atoms with Crippen molar-refractivity contribution in [2.24, 2.45) is 0 Å². The molecule has 0 saturated heterocycles. The summed E-state index contributed by atoms with van der Waals surface area (Å²) >= 11 is 0.